The van der Waals surface area contributed by atoms with Crippen molar-refractivity contribution in [2.24, 2.45) is 0 Å². The standard InChI is InChI=1S/C16H12BrFO3/c17-14-9-11(4-8-16(19)20)3-7-15(14)21-10-12-1-5-13(18)6-2-12/h1-9H,10H2,(H,19,20). The van der Waals surface area contributed by atoms with Crippen LogP contribution in [0.2, 0.25) is 0 Å². The van der Waals surface area contributed by atoms with E-state index in [9.17, 15) is 9.18 Å². The maximum atomic E-state index is 12.8. The lowest BCUT2D eigenvalue weighted by Crippen LogP contribution is -1.96. The van der Waals surface area contributed by atoms with Gasteiger partial charge in [-0.3, -0.25) is 0 Å². The number of hydrogen-bond donors (Lipinski definition) is 1. The second-order valence-electron chi connectivity index (χ2n) is 4.28. The maximum absolute atomic E-state index is 12.8. The SMILES string of the molecule is O=C(O)C=Cc1ccc(OCc2ccc(F)cc2)c(Br)c1. The van der Waals surface area contributed by atoms with E-state index >= 15 is 0 Å². The molecule has 0 radical (unpaired) electrons. The average molecular weight is 351 g/mol. The smallest absolute Gasteiger partial charge is 0.328 e. The summed E-state index contributed by atoms with van der Waals surface area (Å²) in [7, 11) is 0. The van der Waals surface area contributed by atoms with E-state index in [1.807, 2.05) is 0 Å². The van der Waals surface area contributed by atoms with Gasteiger partial charge in [0.2, 0.25) is 0 Å². The van der Waals surface area contributed by atoms with E-state index in [0.717, 1.165) is 21.7 Å². The van der Waals surface area contributed by atoms with Crippen LogP contribution < -0.4 is 4.74 Å². The molecule has 0 aromatic heterocycles. The molecule has 5 heteroatoms. The average Bonchev–Trinajstić information content (AvgIpc) is 2.46. The summed E-state index contributed by atoms with van der Waals surface area (Å²) < 4.78 is 19.1. The van der Waals surface area contributed by atoms with Gasteiger partial charge in [0.1, 0.15) is 18.2 Å². The van der Waals surface area contributed by atoms with Gasteiger partial charge in [0.05, 0.1) is 4.47 Å². The highest BCUT2D eigenvalue weighted by Gasteiger charge is 2.03. The van der Waals surface area contributed by atoms with E-state index in [1.165, 1.54) is 18.2 Å². The zero-order valence-electron chi connectivity index (χ0n) is 10.9. The van der Waals surface area contributed by atoms with Crippen molar-refractivity contribution in [2.45, 2.75) is 6.61 Å². The fourth-order valence-corrected chi connectivity index (χ4v) is 2.16. The number of carboxylic acid groups (broad SMARTS) is 1. The van der Waals surface area contributed by atoms with Gasteiger partial charge in [-0.2, -0.15) is 0 Å². The molecule has 0 spiro atoms. The first kappa shape index (κ1) is 15.3. The normalized spacial score (nSPS) is 10.8. The summed E-state index contributed by atoms with van der Waals surface area (Å²) in [4.78, 5) is 10.5. The van der Waals surface area contributed by atoms with E-state index in [-0.39, 0.29) is 5.82 Å². The Hall–Kier alpha value is -2.14. The third-order valence-corrected chi connectivity index (χ3v) is 3.30. The second-order valence-corrected chi connectivity index (χ2v) is 5.13. The van der Waals surface area contributed by atoms with Crippen LogP contribution in [0.1, 0.15) is 11.1 Å². The number of hydrogen-bond acceptors (Lipinski definition) is 2. The molecule has 108 valence electrons. The largest absolute Gasteiger partial charge is 0.488 e. The third kappa shape index (κ3) is 4.72. The predicted molar refractivity (Wildman–Crippen MR) is 81.5 cm³/mol. The molecule has 0 atom stereocenters. The van der Waals surface area contributed by atoms with Crippen LogP contribution in [0.5, 0.6) is 5.75 Å². The van der Waals surface area contributed by atoms with Crippen LogP contribution in [-0.2, 0) is 11.4 Å². The van der Waals surface area contributed by atoms with Crippen molar-refractivity contribution < 1.29 is 19.0 Å². The van der Waals surface area contributed by atoms with Crippen LogP contribution >= 0.6 is 15.9 Å². The van der Waals surface area contributed by atoms with Gasteiger partial charge in [-0.25, -0.2) is 9.18 Å². The summed E-state index contributed by atoms with van der Waals surface area (Å²) in [6.07, 6.45) is 2.57. The number of halogens is 2. The molecule has 21 heavy (non-hydrogen) atoms. The van der Waals surface area contributed by atoms with E-state index in [4.69, 9.17) is 9.84 Å². The number of carbonyl (C=O) groups is 1. The quantitative estimate of drug-likeness (QED) is 0.819. The number of rotatable bonds is 5. The van der Waals surface area contributed by atoms with Crippen LogP contribution in [-0.4, -0.2) is 11.1 Å². The van der Waals surface area contributed by atoms with E-state index in [0.29, 0.717) is 12.4 Å². The summed E-state index contributed by atoms with van der Waals surface area (Å²) in [5, 5.41) is 8.58. The van der Waals surface area contributed by atoms with Gasteiger partial charge in [-0.15, -0.1) is 0 Å². The van der Waals surface area contributed by atoms with Crippen LogP contribution in [0, 0.1) is 5.82 Å². The van der Waals surface area contributed by atoms with Crippen molar-refractivity contribution in [3.8, 4) is 5.75 Å². The first-order valence-electron chi connectivity index (χ1n) is 6.12. The zero-order valence-corrected chi connectivity index (χ0v) is 12.5. The Balaban J connectivity index is 2.04. The molecular formula is C16H12BrFO3. The minimum atomic E-state index is -0.997. The first-order valence-corrected chi connectivity index (χ1v) is 6.92. The van der Waals surface area contributed by atoms with Gasteiger partial charge in [0, 0.05) is 6.08 Å². The summed E-state index contributed by atoms with van der Waals surface area (Å²) in [6.45, 7) is 0.323. The lowest BCUT2D eigenvalue weighted by atomic mass is 10.2. The molecule has 0 aliphatic carbocycles. The Morgan fingerprint density at radius 1 is 1.24 bits per heavy atom. The topological polar surface area (TPSA) is 46.5 Å². The van der Waals surface area contributed by atoms with Crippen molar-refractivity contribution in [3.63, 3.8) is 0 Å². The molecule has 0 bridgehead atoms. The predicted octanol–water partition coefficient (Wildman–Crippen LogP) is 4.27. The molecule has 1 N–H and O–H groups in total. The van der Waals surface area contributed by atoms with Crippen molar-refractivity contribution in [1.82, 2.24) is 0 Å². The van der Waals surface area contributed by atoms with Crippen LogP contribution in [0.4, 0.5) is 4.39 Å². The Kier molecular flexibility index (Phi) is 5.11. The van der Waals surface area contributed by atoms with Crippen molar-refractivity contribution >= 4 is 28.0 Å². The minimum absolute atomic E-state index is 0.283. The van der Waals surface area contributed by atoms with Gasteiger partial charge >= 0.3 is 5.97 Å². The van der Waals surface area contributed by atoms with Crippen LogP contribution in [0.15, 0.2) is 53.0 Å². The number of aliphatic carboxylic acids is 1. The number of ether oxygens (including phenoxy) is 1. The summed E-state index contributed by atoms with van der Waals surface area (Å²) in [5.41, 5.74) is 1.61. The molecule has 3 nitrogen and oxygen atoms in total. The summed E-state index contributed by atoms with van der Waals surface area (Å²) >= 11 is 3.37. The number of benzene rings is 2. The van der Waals surface area contributed by atoms with E-state index < -0.39 is 5.97 Å². The maximum Gasteiger partial charge on any atom is 0.328 e. The molecule has 0 heterocycles. The lowest BCUT2D eigenvalue weighted by Gasteiger charge is -2.09. The van der Waals surface area contributed by atoms with Gasteiger partial charge in [-0.1, -0.05) is 18.2 Å². The summed E-state index contributed by atoms with van der Waals surface area (Å²) in [6, 6.07) is 11.3. The van der Waals surface area contributed by atoms with Gasteiger partial charge in [0.15, 0.2) is 0 Å². The molecule has 0 fully saturated rings. The Labute approximate surface area is 129 Å². The highest BCUT2D eigenvalue weighted by atomic mass is 79.9. The molecule has 0 unspecified atom stereocenters. The van der Waals surface area contributed by atoms with Crippen LogP contribution in [0.3, 0.4) is 0 Å². The minimum Gasteiger partial charge on any atom is -0.488 e. The molecule has 0 saturated carbocycles. The third-order valence-electron chi connectivity index (χ3n) is 2.68. The van der Waals surface area contributed by atoms with E-state index in [2.05, 4.69) is 15.9 Å². The molecule has 0 amide bonds. The van der Waals surface area contributed by atoms with Crippen molar-refractivity contribution in [2.75, 3.05) is 0 Å². The fourth-order valence-electron chi connectivity index (χ4n) is 1.65. The molecule has 0 aliphatic rings. The molecular weight excluding hydrogens is 339 g/mol. The molecule has 2 rings (SSSR count). The monoisotopic (exact) mass is 350 g/mol. The van der Waals surface area contributed by atoms with Crippen molar-refractivity contribution in [1.29, 1.82) is 0 Å². The highest BCUT2D eigenvalue weighted by Crippen LogP contribution is 2.27. The van der Waals surface area contributed by atoms with Gasteiger partial charge in [-0.05, 0) is 57.4 Å². The lowest BCUT2D eigenvalue weighted by molar-refractivity contribution is -0.131. The molecule has 2 aromatic rings. The Morgan fingerprint density at radius 3 is 2.57 bits per heavy atom. The molecule has 0 aliphatic heterocycles. The van der Waals surface area contributed by atoms with E-state index in [1.54, 1.807) is 30.3 Å². The fraction of sp³-hybridized carbons (Fsp3) is 0.0625. The molecule has 2 aromatic carbocycles. The Morgan fingerprint density at radius 2 is 1.95 bits per heavy atom. The van der Waals surface area contributed by atoms with Crippen LogP contribution in [0.25, 0.3) is 6.08 Å². The van der Waals surface area contributed by atoms with Crippen molar-refractivity contribution in [3.05, 3.63) is 70.0 Å². The Bertz CT molecular complexity index is 666. The summed E-state index contributed by atoms with van der Waals surface area (Å²) in [5.74, 6) is -0.649. The molecule has 0 saturated heterocycles. The number of carboxylic acids is 1. The second kappa shape index (κ2) is 7.04. The van der Waals surface area contributed by atoms with Gasteiger partial charge in [0.25, 0.3) is 0 Å². The zero-order chi connectivity index (χ0) is 15.2. The van der Waals surface area contributed by atoms with Gasteiger partial charge < -0.3 is 9.84 Å². The first-order chi connectivity index (χ1) is 10.0. The highest BCUT2D eigenvalue weighted by molar-refractivity contribution is 9.10.